The lowest BCUT2D eigenvalue weighted by Crippen LogP contribution is -2.27. The number of rotatable bonds is 6. The number of nitrogens with one attached hydrogen (secondary N) is 1. The molecule has 0 unspecified atom stereocenters. The Morgan fingerprint density at radius 1 is 1.10 bits per heavy atom. The quantitative estimate of drug-likeness (QED) is 0.848. The Morgan fingerprint density at radius 2 is 1.85 bits per heavy atom. The van der Waals surface area contributed by atoms with Crippen molar-refractivity contribution < 1.29 is 9.84 Å². The van der Waals surface area contributed by atoms with E-state index < -0.39 is 0 Å². The van der Waals surface area contributed by atoms with Crippen LogP contribution in [0, 0.1) is 0 Å². The van der Waals surface area contributed by atoms with E-state index >= 15 is 0 Å². The van der Waals surface area contributed by atoms with Crippen LogP contribution in [0.5, 0.6) is 11.5 Å². The standard InChI is InChI=1S/C17H21NO2/c1-13(10-14-6-4-3-5-7-14)18-12-15-8-9-16(19)17(11-15)20-2/h3-9,11,13,18-19H,10,12H2,1-2H3/t13-/m1/s1. The van der Waals surface area contributed by atoms with E-state index in [0.717, 1.165) is 18.5 Å². The molecule has 106 valence electrons. The third-order valence-corrected chi connectivity index (χ3v) is 3.28. The highest BCUT2D eigenvalue weighted by molar-refractivity contribution is 5.41. The SMILES string of the molecule is COc1cc(CN[C@H](C)Cc2ccccc2)ccc1O. The van der Waals surface area contributed by atoms with Crippen LogP contribution in [0.15, 0.2) is 48.5 Å². The average Bonchev–Trinajstić information content (AvgIpc) is 2.47. The van der Waals surface area contributed by atoms with Crippen molar-refractivity contribution in [1.82, 2.24) is 5.32 Å². The Hall–Kier alpha value is -2.00. The highest BCUT2D eigenvalue weighted by Gasteiger charge is 2.05. The van der Waals surface area contributed by atoms with Crippen molar-refractivity contribution in [3.8, 4) is 11.5 Å². The number of hydrogen-bond acceptors (Lipinski definition) is 3. The van der Waals surface area contributed by atoms with Gasteiger partial charge in [0.05, 0.1) is 7.11 Å². The molecule has 0 fully saturated rings. The van der Waals surface area contributed by atoms with Gasteiger partial charge in [-0.25, -0.2) is 0 Å². The van der Waals surface area contributed by atoms with Gasteiger partial charge >= 0.3 is 0 Å². The van der Waals surface area contributed by atoms with Gasteiger partial charge in [0, 0.05) is 12.6 Å². The molecule has 0 bridgehead atoms. The molecule has 0 radical (unpaired) electrons. The molecule has 1 atom stereocenters. The minimum Gasteiger partial charge on any atom is -0.504 e. The van der Waals surface area contributed by atoms with Crippen LogP contribution in [0.4, 0.5) is 0 Å². The Balaban J connectivity index is 1.88. The van der Waals surface area contributed by atoms with Gasteiger partial charge in [0.1, 0.15) is 0 Å². The zero-order chi connectivity index (χ0) is 14.4. The summed E-state index contributed by atoms with van der Waals surface area (Å²) in [4.78, 5) is 0. The van der Waals surface area contributed by atoms with Gasteiger partial charge in [0.2, 0.25) is 0 Å². The van der Waals surface area contributed by atoms with E-state index in [9.17, 15) is 5.11 Å². The van der Waals surface area contributed by atoms with Crippen molar-refractivity contribution in [3.05, 3.63) is 59.7 Å². The summed E-state index contributed by atoms with van der Waals surface area (Å²) in [6.07, 6.45) is 0.996. The molecule has 0 aliphatic carbocycles. The molecule has 0 heterocycles. The Bertz CT molecular complexity index is 540. The number of phenols is 1. The molecule has 2 rings (SSSR count). The van der Waals surface area contributed by atoms with Crippen LogP contribution in [0.25, 0.3) is 0 Å². The monoisotopic (exact) mass is 271 g/mol. The molecule has 2 aromatic carbocycles. The molecule has 0 spiro atoms. The van der Waals surface area contributed by atoms with Crippen LogP contribution in [0.3, 0.4) is 0 Å². The topological polar surface area (TPSA) is 41.5 Å². The van der Waals surface area contributed by atoms with Gasteiger partial charge in [-0.1, -0.05) is 36.4 Å². The van der Waals surface area contributed by atoms with Crippen LogP contribution in [0.2, 0.25) is 0 Å². The van der Waals surface area contributed by atoms with Crippen LogP contribution in [0.1, 0.15) is 18.1 Å². The number of aromatic hydroxyl groups is 1. The Labute approximate surface area is 120 Å². The first-order chi connectivity index (χ1) is 9.69. The van der Waals surface area contributed by atoms with Gasteiger partial charge in [-0.15, -0.1) is 0 Å². The molecule has 0 aliphatic rings. The molecule has 0 saturated heterocycles. The molecule has 3 heteroatoms. The molecule has 20 heavy (non-hydrogen) atoms. The van der Waals surface area contributed by atoms with E-state index in [4.69, 9.17) is 4.74 Å². The number of benzene rings is 2. The van der Waals surface area contributed by atoms with E-state index in [-0.39, 0.29) is 5.75 Å². The fourth-order valence-corrected chi connectivity index (χ4v) is 2.16. The molecule has 0 aliphatic heterocycles. The van der Waals surface area contributed by atoms with Gasteiger partial charge in [-0.05, 0) is 36.6 Å². The second kappa shape index (κ2) is 6.96. The van der Waals surface area contributed by atoms with Crippen molar-refractivity contribution in [1.29, 1.82) is 0 Å². The van der Waals surface area contributed by atoms with Crippen molar-refractivity contribution in [2.45, 2.75) is 25.9 Å². The molecule has 0 amide bonds. The Kier molecular flexibility index (Phi) is 5.02. The van der Waals surface area contributed by atoms with Crippen LogP contribution in [-0.2, 0) is 13.0 Å². The average molecular weight is 271 g/mol. The van der Waals surface area contributed by atoms with Gasteiger partial charge in [0.15, 0.2) is 11.5 Å². The maximum absolute atomic E-state index is 9.56. The summed E-state index contributed by atoms with van der Waals surface area (Å²) in [7, 11) is 1.56. The zero-order valence-electron chi connectivity index (χ0n) is 12.0. The summed E-state index contributed by atoms with van der Waals surface area (Å²) in [5.74, 6) is 0.689. The summed E-state index contributed by atoms with van der Waals surface area (Å²) in [6, 6.07) is 16.3. The first kappa shape index (κ1) is 14.4. The minimum absolute atomic E-state index is 0.175. The van der Waals surface area contributed by atoms with Crippen LogP contribution in [-0.4, -0.2) is 18.3 Å². The predicted octanol–water partition coefficient (Wildman–Crippen LogP) is 3.12. The third-order valence-electron chi connectivity index (χ3n) is 3.28. The fourth-order valence-electron chi connectivity index (χ4n) is 2.16. The predicted molar refractivity (Wildman–Crippen MR) is 81.1 cm³/mol. The van der Waals surface area contributed by atoms with Gasteiger partial charge in [-0.2, -0.15) is 0 Å². The maximum Gasteiger partial charge on any atom is 0.160 e. The number of phenolic OH excluding ortho intramolecular Hbond substituents is 1. The lowest BCUT2D eigenvalue weighted by Gasteiger charge is -2.14. The van der Waals surface area contributed by atoms with E-state index in [0.29, 0.717) is 11.8 Å². The van der Waals surface area contributed by atoms with E-state index in [2.05, 4.69) is 36.5 Å². The minimum atomic E-state index is 0.175. The van der Waals surface area contributed by atoms with Crippen molar-refractivity contribution in [3.63, 3.8) is 0 Å². The lowest BCUT2D eigenvalue weighted by molar-refractivity contribution is 0.372. The van der Waals surface area contributed by atoms with Gasteiger partial charge in [0.25, 0.3) is 0 Å². The largest absolute Gasteiger partial charge is 0.504 e. The van der Waals surface area contributed by atoms with Crippen molar-refractivity contribution >= 4 is 0 Å². The molecule has 2 aromatic rings. The summed E-state index contributed by atoms with van der Waals surface area (Å²) in [6.45, 7) is 2.93. The molecule has 3 nitrogen and oxygen atoms in total. The first-order valence-corrected chi connectivity index (χ1v) is 6.82. The molecular formula is C17H21NO2. The first-order valence-electron chi connectivity index (χ1n) is 6.82. The zero-order valence-corrected chi connectivity index (χ0v) is 12.0. The fraction of sp³-hybridized carbons (Fsp3) is 0.294. The smallest absolute Gasteiger partial charge is 0.160 e. The molecule has 0 saturated carbocycles. The summed E-state index contributed by atoms with van der Waals surface area (Å²) < 4.78 is 5.11. The normalized spacial score (nSPS) is 12.1. The van der Waals surface area contributed by atoms with E-state index in [1.165, 1.54) is 5.56 Å². The third kappa shape index (κ3) is 4.00. The second-order valence-electron chi connectivity index (χ2n) is 4.98. The van der Waals surface area contributed by atoms with Crippen LogP contribution < -0.4 is 10.1 Å². The number of hydrogen-bond donors (Lipinski definition) is 2. The highest BCUT2D eigenvalue weighted by Crippen LogP contribution is 2.26. The molecule has 2 N–H and O–H groups in total. The maximum atomic E-state index is 9.56. The lowest BCUT2D eigenvalue weighted by atomic mass is 10.1. The second-order valence-corrected chi connectivity index (χ2v) is 4.98. The van der Waals surface area contributed by atoms with Crippen LogP contribution >= 0.6 is 0 Å². The number of methoxy groups -OCH3 is 1. The van der Waals surface area contributed by atoms with Crippen molar-refractivity contribution in [2.24, 2.45) is 0 Å². The number of ether oxygens (including phenoxy) is 1. The highest BCUT2D eigenvalue weighted by atomic mass is 16.5. The van der Waals surface area contributed by atoms with Crippen molar-refractivity contribution in [2.75, 3.05) is 7.11 Å². The Morgan fingerprint density at radius 3 is 2.55 bits per heavy atom. The van der Waals surface area contributed by atoms with E-state index in [1.807, 2.05) is 18.2 Å². The summed E-state index contributed by atoms with van der Waals surface area (Å²) in [5.41, 5.74) is 2.43. The molecule has 0 aromatic heterocycles. The van der Waals surface area contributed by atoms with Gasteiger partial charge in [-0.3, -0.25) is 0 Å². The summed E-state index contributed by atoms with van der Waals surface area (Å²) in [5, 5.41) is 13.0. The van der Waals surface area contributed by atoms with Gasteiger partial charge < -0.3 is 15.2 Å². The van der Waals surface area contributed by atoms with E-state index in [1.54, 1.807) is 13.2 Å². The molecular weight excluding hydrogens is 250 g/mol. The summed E-state index contributed by atoms with van der Waals surface area (Å²) >= 11 is 0.